The van der Waals surface area contributed by atoms with E-state index in [0.717, 1.165) is 0 Å². The van der Waals surface area contributed by atoms with Crippen molar-refractivity contribution >= 4 is 17.5 Å². The summed E-state index contributed by atoms with van der Waals surface area (Å²) in [6, 6.07) is 0. The van der Waals surface area contributed by atoms with Crippen molar-refractivity contribution in [3.63, 3.8) is 0 Å². The summed E-state index contributed by atoms with van der Waals surface area (Å²) in [5, 5.41) is 10.1. The van der Waals surface area contributed by atoms with Gasteiger partial charge in [-0.25, -0.2) is 4.98 Å². The third-order valence-corrected chi connectivity index (χ3v) is 0.930. The minimum atomic E-state index is 0.300. The van der Waals surface area contributed by atoms with Gasteiger partial charge in [-0.2, -0.15) is 0 Å². The third-order valence-electron chi connectivity index (χ3n) is 0.757. The van der Waals surface area contributed by atoms with Crippen molar-refractivity contribution in [1.29, 1.82) is 0 Å². The SMILES string of the molecule is CNc1ncc(Cl)nn1. The largest absolute Gasteiger partial charge is 0.356 e. The molecule has 0 amide bonds. The van der Waals surface area contributed by atoms with Crippen LogP contribution in [0.4, 0.5) is 5.95 Å². The Balaban J connectivity index is 2.88. The number of anilines is 1. The van der Waals surface area contributed by atoms with Crippen LogP contribution in [0.5, 0.6) is 0 Å². The molecule has 0 bridgehead atoms. The van der Waals surface area contributed by atoms with Crippen molar-refractivity contribution in [3.05, 3.63) is 11.3 Å². The fourth-order valence-electron chi connectivity index (χ4n) is 0.376. The zero-order valence-electron chi connectivity index (χ0n) is 4.80. The molecule has 4 nitrogen and oxygen atoms in total. The molecule has 1 aromatic rings. The molecule has 0 spiro atoms. The first kappa shape index (κ1) is 6.22. The van der Waals surface area contributed by atoms with Crippen LogP contribution < -0.4 is 5.32 Å². The summed E-state index contributed by atoms with van der Waals surface area (Å²) in [5.41, 5.74) is 0. The van der Waals surface area contributed by atoms with Gasteiger partial charge in [0, 0.05) is 7.05 Å². The number of nitrogens with zero attached hydrogens (tertiary/aromatic N) is 3. The molecule has 1 heterocycles. The number of aromatic nitrogens is 3. The minimum Gasteiger partial charge on any atom is -0.356 e. The van der Waals surface area contributed by atoms with Gasteiger partial charge in [0.15, 0.2) is 5.15 Å². The molecule has 0 radical (unpaired) electrons. The Morgan fingerprint density at radius 3 is 2.78 bits per heavy atom. The van der Waals surface area contributed by atoms with E-state index in [2.05, 4.69) is 20.5 Å². The highest BCUT2D eigenvalue weighted by atomic mass is 35.5. The van der Waals surface area contributed by atoms with Crippen molar-refractivity contribution in [2.75, 3.05) is 12.4 Å². The fraction of sp³-hybridized carbons (Fsp3) is 0.250. The lowest BCUT2D eigenvalue weighted by molar-refractivity contribution is 0.973. The van der Waals surface area contributed by atoms with Crippen LogP contribution in [-0.4, -0.2) is 22.2 Å². The molecule has 0 unspecified atom stereocenters. The smallest absolute Gasteiger partial charge is 0.242 e. The molecule has 1 aromatic heterocycles. The molecule has 9 heavy (non-hydrogen) atoms. The first-order valence-electron chi connectivity index (χ1n) is 2.36. The highest BCUT2D eigenvalue weighted by Gasteiger charge is 1.90. The van der Waals surface area contributed by atoms with Crippen LogP contribution in [0.15, 0.2) is 6.20 Å². The normalized spacial score (nSPS) is 9.11. The minimum absolute atomic E-state index is 0.300. The Kier molecular flexibility index (Phi) is 1.79. The van der Waals surface area contributed by atoms with Gasteiger partial charge in [-0.05, 0) is 0 Å². The first-order chi connectivity index (χ1) is 4.33. The van der Waals surface area contributed by atoms with E-state index in [-0.39, 0.29) is 0 Å². The van der Waals surface area contributed by atoms with E-state index in [4.69, 9.17) is 11.6 Å². The summed E-state index contributed by atoms with van der Waals surface area (Å²) in [6.07, 6.45) is 1.43. The Bertz CT molecular complexity index is 184. The van der Waals surface area contributed by atoms with Gasteiger partial charge in [0.2, 0.25) is 5.95 Å². The highest BCUT2D eigenvalue weighted by Crippen LogP contribution is 1.99. The molecule has 0 aliphatic heterocycles. The molecule has 0 aromatic carbocycles. The maximum absolute atomic E-state index is 5.40. The van der Waals surface area contributed by atoms with E-state index in [9.17, 15) is 0 Å². The fourth-order valence-corrected chi connectivity index (χ4v) is 0.462. The molecule has 0 saturated carbocycles. The second-order valence-electron chi connectivity index (χ2n) is 1.35. The molecule has 0 aliphatic carbocycles. The van der Waals surface area contributed by atoms with Gasteiger partial charge in [-0.3, -0.25) is 0 Å². The molecule has 5 heteroatoms. The maximum atomic E-state index is 5.40. The van der Waals surface area contributed by atoms with E-state index in [1.54, 1.807) is 7.05 Å². The zero-order chi connectivity index (χ0) is 6.69. The van der Waals surface area contributed by atoms with Gasteiger partial charge < -0.3 is 5.32 Å². The van der Waals surface area contributed by atoms with E-state index in [1.807, 2.05) is 0 Å². The average molecular weight is 145 g/mol. The van der Waals surface area contributed by atoms with Gasteiger partial charge in [-0.15, -0.1) is 10.2 Å². The van der Waals surface area contributed by atoms with Gasteiger partial charge in [0.1, 0.15) is 0 Å². The van der Waals surface area contributed by atoms with E-state index in [1.165, 1.54) is 6.20 Å². The number of rotatable bonds is 1. The molecule has 0 fully saturated rings. The predicted molar refractivity (Wildman–Crippen MR) is 34.4 cm³/mol. The molecule has 0 aliphatic rings. The lowest BCUT2D eigenvalue weighted by Gasteiger charge is -1.92. The predicted octanol–water partition coefficient (Wildman–Crippen LogP) is 0.567. The topological polar surface area (TPSA) is 50.7 Å². The van der Waals surface area contributed by atoms with E-state index >= 15 is 0 Å². The van der Waals surface area contributed by atoms with Crippen LogP contribution in [0.3, 0.4) is 0 Å². The average Bonchev–Trinajstić information content (AvgIpc) is 1.90. The van der Waals surface area contributed by atoms with Crippen LogP contribution in [0, 0.1) is 0 Å². The number of halogens is 1. The maximum Gasteiger partial charge on any atom is 0.242 e. The summed E-state index contributed by atoms with van der Waals surface area (Å²) in [5.74, 6) is 0.472. The van der Waals surface area contributed by atoms with Crippen LogP contribution in [0.1, 0.15) is 0 Å². The van der Waals surface area contributed by atoms with Crippen molar-refractivity contribution in [2.45, 2.75) is 0 Å². The third kappa shape index (κ3) is 1.50. The van der Waals surface area contributed by atoms with E-state index in [0.29, 0.717) is 11.1 Å². The lowest BCUT2D eigenvalue weighted by Crippen LogP contribution is -1.96. The van der Waals surface area contributed by atoms with Crippen LogP contribution in [0.25, 0.3) is 0 Å². The van der Waals surface area contributed by atoms with Crippen molar-refractivity contribution in [3.8, 4) is 0 Å². The van der Waals surface area contributed by atoms with Crippen molar-refractivity contribution in [2.24, 2.45) is 0 Å². The van der Waals surface area contributed by atoms with Crippen molar-refractivity contribution in [1.82, 2.24) is 15.2 Å². The van der Waals surface area contributed by atoms with Crippen molar-refractivity contribution < 1.29 is 0 Å². The highest BCUT2D eigenvalue weighted by molar-refractivity contribution is 6.29. The van der Waals surface area contributed by atoms with Gasteiger partial charge >= 0.3 is 0 Å². The molecule has 48 valence electrons. The summed E-state index contributed by atoms with van der Waals surface area (Å²) >= 11 is 5.40. The second kappa shape index (κ2) is 2.59. The quantitative estimate of drug-likeness (QED) is 0.626. The first-order valence-corrected chi connectivity index (χ1v) is 2.73. The molecule has 0 atom stereocenters. The Morgan fingerprint density at radius 1 is 1.56 bits per heavy atom. The molecule has 0 saturated heterocycles. The monoisotopic (exact) mass is 144 g/mol. The Hall–Kier alpha value is -0.900. The molecule has 1 N–H and O–H groups in total. The van der Waals surface area contributed by atoms with Gasteiger partial charge in [0.05, 0.1) is 6.20 Å². The zero-order valence-corrected chi connectivity index (χ0v) is 5.55. The Morgan fingerprint density at radius 2 is 2.33 bits per heavy atom. The van der Waals surface area contributed by atoms with E-state index < -0.39 is 0 Å². The van der Waals surface area contributed by atoms with Crippen LogP contribution >= 0.6 is 11.6 Å². The van der Waals surface area contributed by atoms with Crippen LogP contribution in [-0.2, 0) is 0 Å². The summed E-state index contributed by atoms with van der Waals surface area (Å²) in [4.78, 5) is 3.78. The lowest BCUT2D eigenvalue weighted by atomic mass is 10.8. The number of hydrogen-bond acceptors (Lipinski definition) is 4. The second-order valence-corrected chi connectivity index (χ2v) is 1.74. The summed E-state index contributed by atoms with van der Waals surface area (Å²) in [6.45, 7) is 0. The number of nitrogens with one attached hydrogen (secondary N) is 1. The van der Waals surface area contributed by atoms with Crippen LogP contribution in [0.2, 0.25) is 5.15 Å². The molecule has 1 rings (SSSR count). The van der Waals surface area contributed by atoms with Gasteiger partial charge in [-0.1, -0.05) is 11.6 Å². The van der Waals surface area contributed by atoms with Gasteiger partial charge in [0.25, 0.3) is 0 Å². The summed E-state index contributed by atoms with van der Waals surface area (Å²) in [7, 11) is 1.71. The summed E-state index contributed by atoms with van der Waals surface area (Å²) < 4.78 is 0. The Labute approximate surface area is 57.3 Å². The standard InChI is InChI=1S/C4H5ClN4/c1-6-4-7-2-3(5)8-9-4/h2H,1H3,(H,6,7,9). The molecular formula is C4H5ClN4. The molecular weight excluding hydrogens is 140 g/mol. The number of hydrogen-bond donors (Lipinski definition) is 1.